The number of nitriles is 1. The highest BCUT2D eigenvalue weighted by Gasteiger charge is 2.16. The molecule has 0 saturated heterocycles. The Bertz CT molecular complexity index is 1050. The maximum Gasteiger partial charge on any atom is 0.262 e. The van der Waals surface area contributed by atoms with E-state index in [-0.39, 0.29) is 12.5 Å². The van der Waals surface area contributed by atoms with Gasteiger partial charge in [-0.15, -0.1) is 0 Å². The van der Waals surface area contributed by atoms with Crippen LogP contribution in [0, 0.1) is 25.2 Å². The Hall–Kier alpha value is -3.79. The summed E-state index contributed by atoms with van der Waals surface area (Å²) in [6.07, 6.45) is 0. The van der Waals surface area contributed by atoms with E-state index in [1.165, 1.54) is 0 Å². The molecule has 0 saturated carbocycles. The maximum absolute atomic E-state index is 12.5. The first-order valence-electron chi connectivity index (χ1n) is 9.24. The molecule has 0 fully saturated rings. The van der Waals surface area contributed by atoms with Gasteiger partial charge in [0.15, 0.2) is 18.1 Å². The molecule has 3 aromatic rings. The van der Waals surface area contributed by atoms with E-state index in [4.69, 9.17) is 14.7 Å². The molecule has 7 nitrogen and oxygen atoms in total. The highest BCUT2D eigenvalue weighted by atomic mass is 16.5. The number of aryl methyl sites for hydroxylation is 1. The van der Waals surface area contributed by atoms with Gasteiger partial charge >= 0.3 is 0 Å². The van der Waals surface area contributed by atoms with Gasteiger partial charge in [0, 0.05) is 6.07 Å². The third-order valence-electron chi connectivity index (χ3n) is 4.29. The Morgan fingerprint density at radius 3 is 2.59 bits per heavy atom. The SMILES string of the molecule is CCOc1cc(C#N)ccc1OCC(=O)Nc1c(C)nn(-c2ccccc2)c1C. The van der Waals surface area contributed by atoms with E-state index in [2.05, 4.69) is 16.5 Å². The zero-order chi connectivity index (χ0) is 20.8. The average Bonchev–Trinajstić information content (AvgIpc) is 3.02. The van der Waals surface area contributed by atoms with Crippen molar-refractivity contribution in [2.24, 2.45) is 0 Å². The third-order valence-corrected chi connectivity index (χ3v) is 4.29. The van der Waals surface area contributed by atoms with Crippen molar-refractivity contribution < 1.29 is 14.3 Å². The van der Waals surface area contributed by atoms with E-state index >= 15 is 0 Å². The molecule has 0 aliphatic rings. The first-order chi connectivity index (χ1) is 14.0. The molecule has 148 valence electrons. The van der Waals surface area contributed by atoms with E-state index in [0.29, 0.717) is 35.1 Å². The van der Waals surface area contributed by atoms with E-state index < -0.39 is 0 Å². The second-order valence-corrected chi connectivity index (χ2v) is 6.34. The Kier molecular flexibility index (Phi) is 6.15. The molecule has 2 aromatic carbocycles. The van der Waals surface area contributed by atoms with Gasteiger partial charge in [-0.05, 0) is 45.0 Å². The molecule has 1 heterocycles. The van der Waals surface area contributed by atoms with Crippen LogP contribution in [-0.4, -0.2) is 28.9 Å². The molecule has 0 spiro atoms. The molecule has 7 heteroatoms. The van der Waals surface area contributed by atoms with Gasteiger partial charge in [-0.1, -0.05) is 18.2 Å². The van der Waals surface area contributed by atoms with Crippen molar-refractivity contribution in [3.8, 4) is 23.3 Å². The minimum atomic E-state index is -0.310. The minimum Gasteiger partial charge on any atom is -0.490 e. The molecule has 0 unspecified atom stereocenters. The number of hydrogen-bond acceptors (Lipinski definition) is 5. The Morgan fingerprint density at radius 1 is 1.14 bits per heavy atom. The molecule has 0 aliphatic carbocycles. The smallest absolute Gasteiger partial charge is 0.262 e. The van der Waals surface area contributed by atoms with E-state index in [0.717, 1.165) is 11.4 Å². The number of hydrogen-bond donors (Lipinski definition) is 1. The number of benzene rings is 2. The summed E-state index contributed by atoms with van der Waals surface area (Å²) in [5, 5.41) is 16.4. The fourth-order valence-corrected chi connectivity index (χ4v) is 2.93. The van der Waals surface area contributed by atoms with Crippen LogP contribution in [0.1, 0.15) is 23.9 Å². The Labute approximate surface area is 169 Å². The fourth-order valence-electron chi connectivity index (χ4n) is 2.93. The number of nitrogens with one attached hydrogen (secondary N) is 1. The van der Waals surface area contributed by atoms with Crippen molar-refractivity contribution in [1.82, 2.24) is 9.78 Å². The standard InChI is InChI=1S/C22H22N4O3/c1-4-28-20-12-17(13-23)10-11-19(20)29-14-21(27)24-22-15(2)25-26(16(22)3)18-8-6-5-7-9-18/h5-12H,4,14H2,1-3H3,(H,24,27). The molecule has 29 heavy (non-hydrogen) atoms. The molecule has 3 rings (SSSR count). The molecule has 0 bridgehead atoms. The summed E-state index contributed by atoms with van der Waals surface area (Å²) in [4.78, 5) is 12.5. The number of anilines is 1. The van der Waals surface area contributed by atoms with Crippen molar-refractivity contribution in [3.63, 3.8) is 0 Å². The molecular formula is C22H22N4O3. The number of carbonyl (C=O) groups excluding carboxylic acids is 1. The van der Waals surface area contributed by atoms with Crippen molar-refractivity contribution in [2.45, 2.75) is 20.8 Å². The molecule has 1 amide bonds. The van der Waals surface area contributed by atoms with Gasteiger partial charge in [0.05, 0.1) is 41.0 Å². The summed E-state index contributed by atoms with van der Waals surface area (Å²) in [5.74, 6) is 0.536. The summed E-state index contributed by atoms with van der Waals surface area (Å²) in [6.45, 7) is 5.81. The number of amides is 1. The van der Waals surface area contributed by atoms with Crippen LogP contribution in [0.2, 0.25) is 0 Å². The summed E-state index contributed by atoms with van der Waals surface area (Å²) in [7, 11) is 0. The van der Waals surface area contributed by atoms with Gasteiger partial charge in [0.2, 0.25) is 0 Å². The van der Waals surface area contributed by atoms with E-state index in [1.807, 2.05) is 51.1 Å². The molecule has 1 aromatic heterocycles. The van der Waals surface area contributed by atoms with Crippen LogP contribution in [0.3, 0.4) is 0 Å². The molecule has 0 radical (unpaired) electrons. The summed E-state index contributed by atoms with van der Waals surface area (Å²) >= 11 is 0. The van der Waals surface area contributed by atoms with Gasteiger partial charge in [-0.25, -0.2) is 4.68 Å². The molecular weight excluding hydrogens is 368 g/mol. The number of rotatable bonds is 7. The average molecular weight is 390 g/mol. The first kappa shape index (κ1) is 20.0. The predicted octanol–water partition coefficient (Wildman–Crippen LogP) is 3.78. The highest BCUT2D eigenvalue weighted by Crippen LogP contribution is 2.28. The van der Waals surface area contributed by atoms with Crippen molar-refractivity contribution in [1.29, 1.82) is 5.26 Å². The summed E-state index contributed by atoms with van der Waals surface area (Å²) in [6, 6.07) is 16.6. The van der Waals surface area contributed by atoms with E-state index in [9.17, 15) is 4.79 Å². The second kappa shape index (κ2) is 8.93. The zero-order valence-corrected chi connectivity index (χ0v) is 16.6. The van der Waals surface area contributed by atoms with Crippen LogP contribution < -0.4 is 14.8 Å². The number of aromatic nitrogens is 2. The van der Waals surface area contributed by atoms with Crippen molar-refractivity contribution in [3.05, 3.63) is 65.5 Å². The van der Waals surface area contributed by atoms with Crippen LogP contribution in [0.5, 0.6) is 11.5 Å². The Morgan fingerprint density at radius 2 is 1.90 bits per heavy atom. The largest absolute Gasteiger partial charge is 0.490 e. The van der Waals surface area contributed by atoms with Gasteiger partial charge in [0.25, 0.3) is 5.91 Å². The van der Waals surface area contributed by atoms with Crippen LogP contribution in [0.25, 0.3) is 5.69 Å². The van der Waals surface area contributed by atoms with Crippen LogP contribution >= 0.6 is 0 Å². The Balaban J connectivity index is 1.71. The lowest BCUT2D eigenvalue weighted by Crippen LogP contribution is -2.21. The summed E-state index contributed by atoms with van der Waals surface area (Å²) in [5.41, 5.74) is 3.59. The predicted molar refractivity (Wildman–Crippen MR) is 109 cm³/mol. The second-order valence-electron chi connectivity index (χ2n) is 6.34. The number of para-hydroxylation sites is 1. The normalized spacial score (nSPS) is 10.3. The lowest BCUT2D eigenvalue weighted by Gasteiger charge is -2.12. The monoisotopic (exact) mass is 390 g/mol. The lowest BCUT2D eigenvalue weighted by atomic mass is 10.2. The minimum absolute atomic E-state index is 0.193. The topological polar surface area (TPSA) is 89.2 Å². The van der Waals surface area contributed by atoms with Crippen molar-refractivity contribution in [2.75, 3.05) is 18.5 Å². The third kappa shape index (κ3) is 4.55. The van der Waals surface area contributed by atoms with Crippen LogP contribution in [-0.2, 0) is 4.79 Å². The fraction of sp³-hybridized carbons (Fsp3) is 0.227. The van der Waals surface area contributed by atoms with Crippen LogP contribution in [0.4, 0.5) is 5.69 Å². The number of nitrogens with zero attached hydrogens (tertiary/aromatic N) is 3. The maximum atomic E-state index is 12.5. The van der Waals surface area contributed by atoms with E-state index in [1.54, 1.807) is 22.9 Å². The molecule has 1 N–H and O–H groups in total. The quantitative estimate of drug-likeness (QED) is 0.663. The highest BCUT2D eigenvalue weighted by molar-refractivity contribution is 5.93. The van der Waals surface area contributed by atoms with Gasteiger partial charge in [-0.3, -0.25) is 4.79 Å². The summed E-state index contributed by atoms with van der Waals surface area (Å²) < 4.78 is 12.9. The number of carbonyl (C=O) groups is 1. The first-order valence-corrected chi connectivity index (χ1v) is 9.24. The van der Waals surface area contributed by atoms with Crippen LogP contribution in [0.15, 0.2) is 48.5 Å². The molecule has 0 aliphatic heterocycles. The number of ether oxygens (including phenoxy) is 2. The molecule has 0 atom stereocenters. The zero-order valence-electron chi connectivity index (χ0n) is 16.6. The lowest BCUT2D eigenvalue weighted by molar-refractivity contribution is -0.118. The van der Waals surface area contributed by atoms with Gasteiger partial charge in [-0.2, -0.15) is 10.4 Å². The van der Waals surface area contributed by atoms with Gasteiger partial charge < -0.3 is 14.8 Å². The van der Waals surface area contributed by atoms with Gasteiger partial charge in [0.1, 0.15) is 0 Å². The van der Waals surface area contributed by atoms with Crippen molar-refractivity contribution >= 4 is 11.6 Å².